The van der Waals surface area contributed by atoms with Gasteiger partial charge in [0, 0.05) is 43.8 Å². The molecule has 1 aromatic rings. The first-order valence-corrected chi connectivity index (χ1v) is 11.5. The van der Waals surface area contributed by atoms with Gasteiger partial charge in [0.1, 0.15) is 0 Å². The monoisotopic (exact) mass is 562 g/mol. The highest BCUT2D eigenvalue weighted by atomic mass is 127. The van der Waals surface area contributed by atoms with E-state index >= 15 is 0 Å². The molecule has 0 aromatic heterocycles. The van der Waals surface area contributed by atoms with Crippen molar-refractivity contribution in [3.8, 4) is 0 Å². The maximum atomic E-state index is 11.3. The van der Waals surface area contributed by atoms with Gasteiger partial charge in [0.2, 0.25) is 0 Å². The van der Waals surface area contributed by atoms with Crippen LogP contribution in [0, 0.1) is 5.92 Å². The molecule has 2 aliphatic rings. The average molecular weight is 563 g/mol. The summed E-state index contributed by atoms with van der Waals surface area (Å²) in [5.41, 5.74) is 6.58. The molecule has 0 radical (unpaired) electrons. The van der Waals surface area contributed by atoms with Crippen molar-refractivity contribution in [3.05, 3.63) is 34.9 Å². The Bertz CT molecular complexity index is 718. The number of hydrogen-bond acceptors (Lipinski definition) is 3. The van der Waals surface area contributed by atoms with E-state index in [-0.39, 0.29) is 30.0 Å². The van der Waals surface area contributed by atoms with Gasteiger partial charge in [0.05, 0.1) is 0 Å². The smallest absolute Gasteiger partial charge is 0.314 e. The molecule has 174 valence electrons. The molecule has 1 aromatic carbocycles. The lowest BCUT2D eigenvalue weighted by Crippen LogP contribution is -2.50. The molecule has 2 fully saturated rings. The molecule has 4 N–H and O–H groups in total. The fourth-order valence-corrected chi connectivity index (χ4v) is 4.37. The number of urea groups is 1. The minimum absolute atomic E-state index is 0. The first-order chi connectivity index (χ1) is 14.5. The number of carbonyl (C=O) groups excluding carboxylic acids is 1. The summed E-state index contributed by atoms with van der Waals surface area (Å²) < 4.78 is 0. The van der Waals surface area contributed by atoms with Gasteiger partial charge in [-0.2, -0.15) is 0 Å². The number of carbonyl (C=O) groups is 1. The Morgan fingerprint density at radius 2 is 1.84 bits per heavy atom. The van der Waals surface area contributed by atoms with E-state index in [1.807, 2.05) is 12.1 Å². The Kier molecular flexibility index (Phi) is 11.2. The van der Waals surface area contributed by atoms with Crippen LogP contribution in [0.5, 0.6) is 0 Å². The number of rotatable bonds is 6. The molecule has 0 saturated carbocycles. The fourth-order valence-electron chi connectivity index (χ4n) is 4.17. The maximum absolute atomic E-state index is 11.3. The van der Waals surface area contributed by atoms with Crippen molar-refractivity contribution in [3.63, 3.8) is 0 Å². The van der Waals surface area contributed by atoms with Crippen LogP contribution in [0.3, 0.4) is 0 Å². The molecule has 2 aliphatic heterocycles. The van der Waals surface area contributed by atoms with Gasteiger partial charge in [-0.1, -0.05) is 29.8 Å². The highest BCUT2D eigenvalue weighted by Gasteiger charge is 2.23. The summed E-state index contributed by atoms with van der Waals surface area (Å²) in [4.78, 5) is 20.3. The molecule has 3 rings (SSSR count). The number of guanidine groups is 1. The van der Waals surface area contributed by atoms with Crippen molar-refractivity contribution in [2.45, 2.75) is 45.2 Å². The number of nitrogens with zero attached hydrogens (tertiary/aromatic N) is 3. The highest BCUT2D eigenvalue weighted by Crippen LogP contribution is 2.22. The summed E-state index contributed by atoms with van der Waals surface area (Å²) in [6, 6.07) is 8.11. The molecule has 2 amide bonds. The molecule has 2 saturated heterocycles. The van der Waals surface area contributed by atoms with Crippen LogP contribution in [-0.4, -0.2) is 67.1 Å². The highest BCUT2D eigenvalue weighted by molar-refractivity contribution is 14.0. The predicted octanol–water partition coefficient (Wildman–Crippen LogP) is 3.27. The van der Waals surface area contributed by atoms with Crippen molar-refractivity contribution in [1.29, 1.82) is 0 Å². The molecule has 0 atom stereocenters. The van der Waals surface area contributed by atoms with Crippen LogP contribution in [-0.2, 0) is 6.54 Å². The predicted molar refractivity (Wildman–Crippen MR) is 138 cm³/mol. The summed E-state index contributed by atoms with van der Waals surface area (Å²) in [7, 11) is 0. The third kappa shape index (κ3) is 8.31. The van der Waals surface area contributed by atoms with Crippen LogP contribution >= 0.6 is 35.6 Å². The molecular formula is C22H36ClIN6O. The Hall–Kier alpha value is -1.26. The normalized spacial score (nSPS) is 19.0. The molecule has 0 bridgehead atoms. The molecule has 31 heavy (non-hydrogen) atoms. The van der Waals surface area contributed by atoms with Gasteiger partial charge in [-0.05, 0) is 63.2 Å². The molecule has 0 unspecified atom stereocenters. The minimum atomic E-state index is -0.324. The van der Waals surface area contributed by atoms with Gasteiger partial charge in [-0.3, -0.25) is 9.89 Å². The number of halogens is 2. The SMILES string of the molecule is CCNC(=NCC1CCN(Cc2ccccc2Cl)CC1)NC1CCN(C(N)=O)CC1.I. The van der Waals surface area contributed by atoms with Crippen LogP contribution < -0.4 is 16.4 Å². The summed E-state index contributed by atoms with van der Waals surface area (Å²) in [5, 5.41) is 7.75. The second kappa shape index (κ2) is 13.3. The lowest BCUT2D eigenvalue weighted by Gasteiger charge is -2.33. The largest absolute Gasteiger partial charge is 0.357 e. The summed E-state index contributed by atoms with van der Waals surface area (Å²) >= 11 is 6.31. The maximum Gasteiger partial charge on any atom is 0.314 e. The number of nitrogens with one attached hydrogen (secondary N) is 2. The zero-order valence-corrected chi connectivity index (χ0v) is 21.4. The Balaban J connectivity index is 0.00000341. The van der Waals surface area contributed by atoms with Crippen LogP contribution in [0.1, 0.15) is 38.2 Å². The number of primary amides is 1. The quantitative estimate of drug-likeness (QED) is 0.282. The van der Waals surface area contributed by atoms with Gasteiger partial charge in [0.25, 0.3) is 0 Å². The molecule has 7 nitrogen and oxygen atoms in total. The van der Waals surface area contributed by atoms with Gasteiger partial charge in [-0.15, -0.1) is 24.0 Å². The van der Waals surface area contributed by atoms with Gasteiger partial charge in [-0.25, -0.2) is 4.79 Å². The molecule has 0 aliphatic carbocycles. The number of hydrogen-bond donors (Lipinski definition) is 3. The standard InChI is InChI=1S/C22H35ClN6O.HI/c1-2-25-22(27-19-9-13-29(14-10-19)21(24)30)26-15-17-7-11-28(12-8-17)16-18-5-3-4-6-20(18)23;/h3-6,17,19H,2,7-16H2,1H3,(H2,24,30)(H2,25,26,27);1H. The third-order valence-corrected chi connectivity index (χ3v) is 6.43. The van der Waals surface area contributed by atoms with Crippen molar-refractivity contribution < 1.29 is 4.79 Å². The number of benzene rings is 1. The van der Waals surface area contributed by atoms with Crippen LogP contribution in [0.4, 0.5) is 4.79 Å². The van der Waals surface area contributed by atoms with E-state index in [1.54, 1.807) is 4.90 Å². The fraction of sp³-hybridized carbons (Fsp3) is 0.636. The van der Waals surface area contributed by atoms with Crippen LogP contribution in [0.25, 0.3) is 0 Å². The Labute approximate surface area is 208 Å². The minimum Gasteiger partial charge on any atom is -0.357 e. The second-order valence-electron chi connectivity index (χ2n) is 8.27. The summed E-state index contributed by atoms with van der Waals surface area (Å²) in [5.74, 6) is 1.49. The Morgan fingerprint density at radius 3 is 2.45 bits per heavy atom. The van der Waals surface area contributed by atoms with E-state index in [0.29, 0.717) is 25.0 Å². The van der Waals surface area contributed by atoms with Crippen molar-refractivity contribution >= 4 is 47.6 Å². The van der Waals surface area contributed by atoms with Crippen molar-refractivity contribution in [2.75, 3.05) is 39.3 Å². The van der Waals surface area contributed by atoms with Crippen molar-refractivity contribution in [1.82, 2.24) is 20.4 Å². The third-order valence-electron chi connectivity index (χ3n) is 6.06. The number of piperidine rings is 2. The lowest BCUT2D eigenvalue weighted by molar-refractivity contribution is 0.180. The van der Waals surface area contributed by atoms with E-state index in [2.05, 4.69) is 34.6 Å². The van der Waals surface area contributed by atoms with E-state index < -0.39 is 0 Å². The van der Waals surface area contributed by atoms with Gasteiger partial charge < -0.3 is 21.3 Å². The summed E-state index contributed by atoms with van der Waals surface area (Å²) in [6.45, 7) is 8.26. The molecular weight excluding hydrogens is 527 g/mol. The van der Waals surface area contributed by atoms with E-state index in [0.717, 1.165) is 69.4 Å². The number of nitrogens with two attached hydrogens (primary N) is 1. The zero-order chi connectivity index (χ0) is 21.3. The molecule has 0 spiro atoms. The Morgan fingerprint density at radius 1 is 1.16 bits per heavy atom. The summed E-state index contributed by atoms with van der Waals surface area (Å²) in [6.07, 6.45) is 4.11. The van der Waals surface area contributed by atoms with E-state index in [1.165, 1.54) is 5.56 Å². The molecule has 2 heterocycles. The van der Waals surface area contributed by atoms with Crippen LogP contribution in [0.2, 0.25) is 5.02 Å². The average Bonchev–Trinajstić information content (AvgIpc) is 2.75. The second-order valence-corrected chi connectivity index (χ2v) is 8.68. The lowest BCUT2D eigenvalue weighted by atomic mass is 9.96. The van der Waals surface area contributed by atoms with Crippen LogP contribution in [0.15, 0.2) is 29.3 Å². The van der Waals surface area contributed by atoms with Crippen molar-refractivity contribution in [2.24, 2.45) is 16.6 Å². The van der Waals surface area contributed by atoms with Gasteiger partial charge in [0.15, 0.2) is 5.96 Å². The number of amides is 2. The number of likely N-dealkylation sites (tertiary alicyclic amines) is 2. The molecule has 9 heteroatoms. The van der Waals surface area contributed by atoms with E-state index in [9.17, 15) is 4.79 Å². The first kappa shape index (κ1) is 26.0. The first-order valence-electron chi connectivity index (χ1n) is 11.1. The van der Waals surface area contributed by atoms with Gasteiger partial charge >= 0.3 is 6.03 Å². The zero-order valence-electron chi connectivity index (χ0n) is 18.4. The topological polar surface area (TPSA) is 86.0 Å². The number of aliphatic imine (C=N–C) groups is 1. The van der Waals surface area contributed by atoms with E-state index in [4.69, 9.17) is 22.3 Å².